The van der Waals surface area contributed by atoms with Crippen molar-refractivity contribution in [1.29, 1.82) is 0 Å². The summed E-state index contributed by atoms with van der Waals surface area (Å²) in [5.74, 6) is 0. The summed E-state index contributed by atoms with van der Waals surface area (Å²) in [5.41, 5.74) is 0. The van der Waals surface area contributed by atoms with Crippen molar-refractivity contribution in [3.8, 4) is 0 Å². The summed E-state index contributed by atoms with van der Waals surface area (Å²) < 4.78 is 18.0. The van der Waals surface area contributed by atoms with Crippen LogP contribution in [-0.4, -0.2) is 34.1 Å². The van der Waals surface area contributed by atoms with Crippen LogP contribution in [0.4, 0.5) is 3.52 Å². The van der Waals surface area contributed by atoms with Gasteiger partial charge in [-0.25, -0.2) is 0 Å². The van der Waals surface area contributed by atoms with E-state index < -0.39 is 7.82 Å². The normalized spacial score (nSPS) is 8.25. The molecule has 0 bridgehead atoms. The molecule has 0 atom stereocenters. The number of hydrogen-bond donors (Lipinski definition) is 0. The van der Waals surface area contributed by atoms with Gasteiger partial charge in [-0.15, -0.1) is 0 Å². The van der Waals surface area contributed by atoms with Crippen LogP contribution < -0.4 is 14.7 Å². The minimum atomic E-state index is -5.39. The van der Waals surface area contributed by atoms with E-state index in [0.29, 0.717) is 0 Å². The molecule has 0 saturated carbocycles. The summed E-state index contributed by atoms with van der Waals surface area (Å²) in [5, 5.41) is 0. The standard InChI is InChI=1S/2Al.FH.H3O4P/c;;;1-5(2,3)4/h;;1H;(H3,1,2,3,4)/q2*+3;;/p-4. The summed E-state index contributed by atoms with van der Waals surface area (Å²) in [4.78, 5) is 25.6. The van der Waals surface area contributed by atoms with Crippen LogP contribution in [0.2, 0.25) is 0 Å². The first-order chi connectivity index (χ1) is 3.00. The second kappa shape index (κ2) is 8.10. The zero-order valence-corrected chi connectivity index (χ0v) is 6.82. The number of hydrogen-bond acceptors (Lipinski definition) is 4. The van der Waals surface area contributed by atoms with Crippen LogP contribution in [0.15, 0.2) is 0 Å². The van der Waals surface area contributed by atoms with Gasteiger partial charge in [0.15, 0.2) is 0 Å². The van der Waals surface area contributed by atoms with E-state index in [4.69, 9.17) is 19.2 Å². The summed E-state index contributed by atoms with van der Waals surface area (Å²) in [6.07, 6.45) is 0. The molecule has 0 aromatic rings. The molecule has 0 amide bonds. The first kappa shape index (κ1) is 16.0. The van der Waals surface area contributed by atoms with E-state index in [-0.39, 0.29) is 17.4 Å². The first-order valence-electron chi connectivity index (χ1n) is 0.949. The summed E-state index contributed by atoms with van der Waals surface area (Å²) >= 11 is 0.917. The Morgan fingerprint density at radius 1 is 1.25 bits per heavy atom. The molecular weight excluding hydrogens is 168 g/mol. The van der Waals surface area contributed by atoms with E-state index in [1.54, 1.807) is 0 Å². The van der Waals surface area contributed by atoms with Crippen molar-refractivity contribution in [3.63, 3.8) is 0 Å². The van der Waals surface area contributed by atoms with Crippen LogP contribution in [0, 0.1) is 0 Å². The molecule has 40 valence electrons. The van der Waals surface area contributed by atoms with Crippen LogP contribution in [0.1, 0.15) is 0 Å². The fourth-order valence-electron chi connectivity index (χ4n) is 0. The van der Waals surface area contributed by atoms with Gasteiger partial charge >= 0.3 is 37.6 Å². The predicted octanol–water partition coefficient (Wildman–Crippen LogP) is -3.17. The fourth-order valence-corrected chi connectivity index (χ4v) is 0. The molecule has 0 aliphatic heterocycles. The molecule has 8 heteroatoms. The topological polar surface area (TPSA) is 86.2 Å². The van der Waals surface area contributed by atoms with E-state index in [1.807, 2.05) is 0 Å². The fraction of sp³-hybridized carbons (Fsp3) is 0. The van der Waals surface area contributed by atoms with Gasteiger partial charge in [0.1, 0.15) is 0 Å². The SMILES string of the molecule is O=P([O-])([O-])[O-].[Al+3].[F][Al+2]. The molecule has 0 unspecified atom stereocenters. The molecule has 8 heavy (non-hydrogen) atoms. The molecule has 0 fully saturated rings. The van der Waals surface area contributed by atoms with Gasteiger partial charge in [-0.05, 0) is 0 Å². The molecule has 0 heterocycles. The number of halogens is 1. The zero-order valence-electron chi connectivity index (χ0n) is 3.61. The molecule has 0 N–H and O–H groups in total. The van der Waals surface area contributed by atoms with Gasteiger partial charge in [0.05, 0.1) is 0 Å². The quantitative estimate of drug-likeness (QED) is 0.282. The van der Waals surface area contributed by atoms with Crippen LogP contribution in [0.25, 0.3) is 0 Å². The van der Waals surface area contributed by atoms with Crippen molar-refractivity contribution >= 4 is 41.9 Å². The Morgan fingerprint density at radius 3 is 1.25 bits per heavy atom. The molecule has 0 aliphatic carbocycles. The second-order valence-corrected chi connectivity index (χ2v) is 1.34. The van der Waals surface area contributed by atoms with Crippen molar-refractivity contribution in [3.05, 3.63) is 0 Å². The van der Waals surface area contributed by atoms with Gasteiger partial charge in [0, 0.05) is 0 Å². The van der Waals surface area contributed by atoms with Crippen molar-refractivity contribution < 1.29 is 22.8 Å². The Hall–Kier alpha value is 1.10. The third kappa shape index (κ3) is 217. The van der Waals surface area contributed by atoms with Crippen molar-refractivity contribution in [2.24, 2.45) is 0 Å². The molecule has 0 rings (SSSR count). The van der Waals surface area contributed by atoms with Crippen LogP contribution >= 0.6 is 7.82 Å². The van der Waals surface area contributed by atoms with Crippen molar-refractivity contribution in [1.82, 2.24) is 0 Å². The van der Waals surface area contributed by atoms with Crippen molar-refractivity contribution in [2.45, 2.75) is 0 Å². The third-order valence-corrected chi connectivity index (χ3v) is 0. The Morgan fingerprint density at radius 2 is 1.25 bits per heavy atom. The van der Waals surface area contributed by atoms with Crippen molar-refractivity contribution in [2.75, 3.05) is 0 Å². The molecule has 0 aromatic heterocycles. The van der Waals surface area contributed by atoms with Gasteiger partial charge < -0.3 is 19.2 Å². The van der Waals surface area contributed by atoms with E-state index in [1.165, 1.54) is 0 Å². The molecule has 0 aromatic carbocycles. The Balaban J connectivity index is -0.0000000750. The maximum absolute atomic E-state index is 9.42. The average Bonchev–Trinajstić information content (AvgIpc) is 1.36. The second-order valence-electron chi connectivity index (χ2n) is 0.447. The average molecular weight is 168 g/mol. The molecule has 4 nitrogen and oxygen atoms in total. The first-order valence-corrected chi connectivity index (χ1v) is 2.85. The summed E-state index contributed by atoms with van der Waals surface area (Å²) in [6.45, 7) is 0. The number of phosphoric acid groups is 1. The Labute approximate surface area is 65.0 Å². The van der Waals surface area contributed by atoms with Crippen LogP contribution in [0.3, 0.4) is 0 Å². The molecule has 0 radical (unpaired) electrons. The summed E-state index contributed by atoms with van der Waals surface area (Å²) in [7, 11) is -5.39. The molecule has 0 saturated heterocycles. The number of rotatable bonds is 0. The Kier molecular flexibility index (Phi) is 16.3. The monoisotopic (exact) mass is 168 g/mol. The third-order valence-electron chi connectivity index (χ3n) is 0. The van der Waals surface area contributed by atoms with Gasteiger partial charge in [-0.3, -0.25) is 0 Å². The van der Waals surface area contributed by atoms with Crippen LogP contribution in [-0.2, 0) is 4.57 Å². The Bertz CT molecular complexity index is 60.2. The summed E-state index contributed by atoms with van der Waals surface area (Å²) in [6, 6.07) is 0. The predicted molar refractivity (Wildman–Crippen MR) is 20.2 cm³/mol. The minimum absolute atomic E-state index is 0. The van der Waals surface area contributed by atoms with Gasteiger partial charge in [-0.1, -0.05) is 0 Å². The zero-order chi connectivity index (χ0) is 6.50. The maximum atomic E-state index is 9.42. The molecule has 0 aliphatic rings. The van der Waals surface area contributed by atoms with Gasteiger partial charge in [-0.2, -0.15) is 7.82 Å². The molecule has 0 spiro atoms. The van der Waals surface area contributed by atoms with E-state index in [0.717, 1.165) is 16.7 Å². The van der Waals surface area contributed by atoms with Gasteiger partial charge in [0.2, 0.25) is 0 Å². The van der Waals surface area contributed by atoms with E-state index >= 15 is 0 Å². The van der Waals surface area contributed by atoms with Crippen LogP contribution in [0.5, 0.6) is 0 Å². The molecular formula is Al2FO4P+2. The van der Waals surface area contributed by atoms with E-state index in [2.05, 4.69) is 0 Å². The van der Waals surface area contributed by atoms with Gasteiger partial charge in [0.25, 0.3) is 0 Å². The van der Waals surface area contributed by atoms with E-state index in [9.17, 15) is 3.52 Å².